The van der Waals surface area contributed by atoms with Crippen LogP contribution in [-0.2, 0) is 5.41 Å². The van der Waals surface area contributed by atoms with Crippen LogP contribution < -0.4 is 4.90 Å². The molecule has 3 aromatic carbocycles. The summed E-state index contributed by atoms with van der Waals surface area (Å²) in [6.45, 7) is 8.47. The minimum Gasteiger partial charge on any atom is -0.288 e. The summed E-state index contributed by atoms with van der Waals surface area (Å²) in [5.41, 5.74) is 3.54. The van der Waals surface area contributed by atoms with Crippen LogP contribution in [0.4, 0.5) is 5.69 Å². The molecular weight excluding hydrogens is 404 g/mol. The van der Waals surface area contributed by atoms with Crippen molar-refractivity contribution in [3.05, 3.63) is 77.4 Å². The Morgan fingerprint density at radius 2 is 1.70 bits per heavy atom. The Kier molecular flexibility index (Phi) is 6.08. The molecule has 0 spiro atoms. The van der Waals surface area contributed by atoms with Gasteiger partial charge < -0.3 is 0 Å². The van der Waals surface area contributed by atoms with Gasteiger partial charge in [0.15, 0.2) is 0 Å². The van der Waals surface area contributed by atoms with Gasteiger partial charge >= 0.3 is 0 Å². The van der Waals surface area contributed by atoms with Crippen LogP contribution in [0.25, 0.3) is 10.8 Å². The van der Waals surface area contributed by atoms with Crippen molar-refractivity contribution in [1.82, 2.24) is 0 Å². The number of rotatable bonds is 6. The number of nitrogens with one attached hydrogen (secondary N) is 2. The second-order valence-corrected chi connectivity index (χ2v) is 9.45. The molecule has 4 heteroatoms. The standard InChI is InChI=1S/C29H32N4/c1-5-23-17-29(23,6-2)26-16-22-10-8-7-9-21(22)15-25(26)28(32)33(27(31)19(3)4)24-13-11-20(18-30)12-14-24/h7-16,19,23,31-32H,5-6,17H2,1-4H3/t23-,29?/m0/s1. The quantitative estimate of drug-likeness (QED) is 0.315. The minimum atomic E-state index is -0.0469. The fourth-order valence-electron chi connectivity index (χ4n) is 5.17. The molecule has 0 radical (unpaired) electrons. The van der Waals surface area contributed by atoms with Crippen molar-refractivity contribution < 1.29 is 0 Å². The molecule has 1 saturated carbocycles. The van der Waals surface area contributed by atoms with Crippen LogP contribution >= 0.6 is 0 Å². The predicted molar refractivity (Wildman–Crippen MR) is 137 cm³/mol. The van der Waals surface area contributed by atoms with E-state index in [0.29, 0.717) is 23.2 Å². The molecule has 1 unspecified atom stereocenters. The van der Waals surface area contributed by atoms with Gasteiger partial charge in [0.1, 0.15) is 11.7 Å². The summed E-state index contributed by atoms with van der Waals surface area (Å²) in [4.78, 5) is 1.74. The molecule has 1 fully saturated rings. The third kappa shape index (κ3) is 3.93. The maximum Gasteiger partial charge on any atom is 0.138 e. The van der Waals surface area contributed by atoms with Crippen LogP contribution in [0.5, 0.6) is 0 Å². The van der Waals surface area contributed by atoms with Crippen molar-refractivity contribution in [3.8, 4) is 6.07 Å². The lowest BCUT2D eigenvalue weighted by Gasteiger charge is -2.30. The van der Waals surface area contributed by atoms with Gasteiger partial charge in [-0.3, -0.25) is 15.7 Å². The van der Waals surface area contributed by atoms with E-state index in [2.05, 4.69) is 50.2 Å². The van der Waals surface area contributed by atoms with Crippen molar-refractivity contribution in [3.63, 3.8) is 0 Å². The topological polar surface area (TPSA) is 74.7 Å². The summed E-state index contributed by atoms with van der Waals surface area (Å²) in [5.74, 6) is 1.28. The van der Waals surface area contributed by atoms with Gasteiger partial charge in [-0.15, -0.1) is 0 Å². The zero-order valence-electron chi connectivity index (χ0n) is 19.9. The third-order valence-electron chi connectivity index (χ3n) is 7.30. The van der Waals surface area contributed by atoms with Crippen molar-refractivity contribution >= 4 is 28.1 Å². The monoisotopic (exact) mass is 436 g/mol. The lowest BCUT2D eigenvalue weighted by molar-refractivity contribution is 0.571. The van der Waals surface area contributed by atoms with Crippen molar-refractivity contribution in [2.75, 3.05) is 4.90 Å². The number of nitrogens with zero attached hydrogens (tertiary/aromatic N) is 2. The Balaban J connectivity index is 1.91. The highest BCUT2D eigenvalue weighted by atomic mass is 15.2. The van der Waals surface area contributed by atoms with E-state index in [9.17, 15) is 10.7 Å². The summed E-state index contributed by atoms with van der Waals surface area (Å²) in [5, 5.41) is 29.8. The molecule has 2 atom stereocenters. The first-order valence-electron chi connectivity index (χ1n) is 11.9. The van der Waals surface area contributed by atoms with E-state index < -0.39 is 0 Å². The molecule has 4 rings (SSSR count). The van der Waals surface area contributed by atoms with Crippen LogP contribution in [0.2, 0.25) is 0 Å². The average Bonchev–Trinajstić information content (AvgIpc) is 3.58. The summed E-state index contributed by atoms with van der Waals surface area (Å²) in [6, 6.07) is 22.1. The number of fused-ring (bicyclic) bond motifs is 1. The number of amidine groups is 2. The maximum atomic E-state index is 9.39. The second-order valence-electron chi connectivity index (χ2n) is 9.45. The molecular formula is C29H32N4. The Morgan fingerprint density at radius 3 is 2.21 bits per heavy atom. The smallest absolute Gasteiger partial charge is 0.138 e. The number of anilines is 1. The average molecular weight is 437 g/mol. The van der Waals surface area contributed by atoms with Gasteiger partial charge in [-0.1, -0.05) is 58.4 Å². The van der Waals surface area contributed by atoms with E-state index in [4.69, 9.17) is 5.41 Å². The Bertz CT molecular complexity index is 1250. The zero-order chi connectivity index (χ0) is 23.8. The molecule has 168 valence electrons. The minimum absolute atomic E-state index is 0.0469. The van der Waals surface area contributed by atoms with Crippen LogP contribution in [-0.4, -0.2) is 11.7 Å². The fourth-order valence-corrected chi connectivity index (χ4v) is 5.17. The maximum absolute atomic E-state index is 9.39. The van der Waals surface area contributed by atoms with E-state index >= 15 is 0 Å². The highest BCUT2D eigenvalue weighted by Gasteiger charge is 2.53. The van der Waals surface area contributed by atoms with E-state index in [1.54, 1.807) is 17.0 Å². The SMILES string of the molecule is CC[C@H]1CC1(CC)c1cc2ccccc2cc1C(=N)N(C(=N)C(C)C)c1ccc(C#N)cc1. The second kappa shape index (κ2) is 8.83. The van der Waals surface area contributed by atoms with Gasteiger partial charge in [0, 0.05) is 17.2 Å². The van der Waals surface area contributed by atoms with Gasteiger partial charge in [0.2, 0.25) is 0 Å². The predicted octanol–water partition coefficient (Wildman–Crippen LogP) is 7.25. The van der Waals surface area contributed by atoms with Gasteiger partial charge in [0.05, 0.1) is 11.6 Å². The van der Waals surface area contributed by atoms with Crippen molar-refractivity contribution in [1.29, 1.82) is 16.1 Å². The first kappa shape index (κ1) is 22.7. The van der Waals surface area contributed by atoms with E-state index in [1.165, 1.54) is 10.9 Å². The Labute approximate surface area is 196 Å². The Hall–Kier alpha value is -3.45. The number of benzene rings is 3. The summed E-state index contributed by atoms with van der Waals surface area (Å²) < 4.78 is 0. The molecule has 0 amide bonds. The van der Waals surface area contributed by atoms with Gasteiger partial charge in [0.25, 0.3) is 0 Å². The summed E-state index contributed by atoms with van der Waals surface area (Å²) in [6.07, 6.45) is 3.33. The molecule has 0 bridgehead atoms. The van der Waals surface area contributed by atoms with Crippen molar-refractivity contribution in [2.45, 2.75) is 52.4 Å². The normalized spacial score (nSPS) is 19.3. The highest BCUT2D eigenvalue weighted by molar-refractivity contribution is 6.24. The molecule has 4 nitrogen and oxygen atoms in total. The molecule has 0 aliphatic heterocycles. The number of hydrogen-bond acceptors (Lipinski definition) is 3. The summed E-state index contributed by atoms with van der Waals surface area (Å²) in [7, 11) is 0. The van der Waals surface area contributed by atoms with E-state index in [0.717, 1.165) is 35.9 Å². The molecule has 2 N–H and O–H groups in total. The van der Waals surface area contributed by atoms with E-state index in [-0.39, 0.29) is 11.3 Å². The molecule has 1 aliphatic carbocycles. The largest absolute Gasteiger partial charge is 0.288 e. The number of nitriles is 1. The van der Waals surface area contributed by atoms with Gasteiger partial charge in [-0.25, -0.2) is 0 Å². The molecule has 3 aromatic rings. The van der Waals surface area contributed by atoms with Crippen LogP contribution in [0.3, 0.4) is 0 Å². The van der Waals surface area contributed by atoms with Crippen LogP contribution in [0.1, 0.15) is 63.6 Å². The molecule has 0 aromatic heterocycles. The van der Waals surface area contributed by atoms with E-state index in [1.807, 2.05) is 32.0 Å². The molecule has 0 heterocycles. The molecule has 1 aliphatic rings. The lowest BCUT2D eigenvalue weighted by atomic mass is 9.84. The van der Waals surface area contributed by atoms with Crippen LogP contribution in [0, 0.1) is 34.0 Å². The fraction of sp³-hybridized carbons (Fsp3) is 0.345. The summed E-state index contributed by atoms with van der Waals surface area (Å²) >= 11 is 0. The first-order valence-corrected chi connectivity index (χ1v) is 11.9. The lowest BCUT2D eigenvalue weighted by Crippen LogP contribution is -2.40. The molecule has 33 heavy (non-hydrogen) atoms. The Morgan fingerprint density at radius 1 is 1.06 bits per heavy atom. The van der Waals surface area contributed by atoms with Crippen LogP contribution in [0.15, 0.2) is 60.7 Å². The van der Waals surface area contributed by atoms with Crippen molar-refractivity contribution in [2.24, 2.45) is 11.8 Å². The molecule has 0 saturated heterocycles. The third-order valence-corrected chi connectivity index (χ3v) is 7.30. The first-order chi connectivity index (χ1) is 15.9. The zero-order valence-corrected chi connectivity index (χ0v) is 19.9. The van der Waals surface area contributed by atoms with Gasteiger partial charge in [-0.05, 0) is 76.9 Å². The highest BCUT2D eigenvalue weighted by Crippen LogP contribution is 2.59. The van der Waals surface area contributed by atoms with Gasteiger partial charge in [-0.2, -0.15) is 5.26 Å². The number of hydrogen-bond donors (Lipinski definition) is 2.